The van der Waals surface area contributed by atoms with Crippen LogP contribution in [0, 0.1) is 0 Å². The van der Waals surface area contributed by atoms with E-state index in [4.69, 9.17) is 4.74 Å². The fourth-order valence-corrected chi connectivity index (χ4v) is 2.45. The molecule has 2 aliphatic rings. The van der Waals surface area contributed by atoms with Gasteiger partial charge >= 0.3 is 0 Å². The van der Waals surface area contributed by atoms with Crippen molar-refractivity contribution in [1.82, 2.24) is 20.9 Å². The molecular formula is C15H22N4O. The Balaban J connectivity index is 1.46. The molecule has 0 radical (unpaired) electrons. The van der Waals surface area contributed by atoms with Gasteiger partial charge in [0.25, 0.3) is 0 Å². The van der Waals surface area contributed by atoms with Gasteiger partial charge in [-0.15, -0.1) is 0 Å². The van der Waals surface area contributed by atoms with Crippen molar-refractivity contribution < 1.29 is 4.74 Å². The van der Waals surface area contributed by atoms with Gasteiger partial charge in [0.05, 0.1) is 13.2 Å². The van der Waals surface area contributed by atoms with Crippen molar-refractivity contribution in [3.05, 3.63) is 47.8 Å². The fourth-order valence-electron chi connectivity index (χ4n) is 2.45. The predicted octanol–water partition coefficient (Wildman–Crippen LogP) is 0.556. The maximum absolute atomic E-state index is 5.37. The van der Waals surface area contributed by atoms with Crippen molar-refractivity contribution in [3.63, 3.8) is 0 Å². The molecule has 0 bridgehead atoms. The zero-order valence-corrected chi connectivity index (χ0v) is 11.6. The maximum Gasteiger partial charge on any atom is 0.152 e. The van der Waals surface area contributed by atoms with Crippen LogP contribution in [0.4, 0.5) is 0 Å². The standard InChI is InChI=1S/C15H22N4O/c1-3-14(12-19-7-9-20-10-8-19)4-2-13(1)11-18-15-16-5-6-17-15/h1-6,15-18H,7-12H2. The summed E-state index contributed by atoms with van der Waals surface area (Å²) in [5, 5.41) is 9.73. The zero-order valence-electron chi connectivity index (χ0n) is 11.6. The van der Waals surface area contributed by atoms with E-state index < -0.39 is 0 Å². The average molecular weight is 274 g/mol. The van der Waals surface area contributed by atoms with E-state index in [0.29, 0.717) is 0 Å². The van der Waals surface area contributed by atoms with Crippen LogP contribution in [0.1, 0.15) is 11.1 Å². The number of nitrogens with zero attached hydrogens (tertiary/aromatic N) is 1. The SMILES string of the molecule is C1=CNC(NCc2ccc(CN3CCOCC3)cc2)N1. The second kappa shape index (κ2) is 6.74. The van der Waals surface area contributed by atoms with E-state index in [0.717, 1.165) is 39.4 Å². The van der Waals surface area contributed by atoms with E-state index >= 15 is 0 Å². The van der Waals surface area contributed by atoms with Gasteiger partial charge in [-0.1, -0.05) is 24.3 Å². The van der Waals surface area contributed by atoms with E-state index in [1.807, 2.05) is 12.4 Å². The van der Waals surface area contributed by atoms with E-state index in [1.165, 1.54) is 11.1 Å². The molecule has 3 N–H and O–H groups in total. The maximum atomic E-state index is 5.37. The molecule has 5 heteroatoms. The van der Waals surface area contributed by atoms with Gasteiger partial charge < -0.3 is 15.4 Å². The second-order valence-corrected chi connectivity index (χ2v) is 5.19. The third-order valence-corrected chi connectivity index (χ3v) is 3.65. The summed E-state index contributed by atoms with van der Waals surface area (Å²) in [7, 11) is 0. The van der Waals surface area contributed by atoms with Crippen LogP contribution in [0.3, 0.4) is 0 Å². The lowest BCUT2D eigenvalue weighted by atomic mass is 10.1. The molecule has 0 atom stereocenters. The lowest BCUT2D eigenvalue weighted by Gasteiger charge is -2.26. The Kier molecular flexibility index (Phi) is 4.53. The molecule has 1 saturated heterocycles. The highest BCUT2D eigenvalue weighted by molar-refractivity contribution is 5.22. The number of rotatable bonds is 5. The Morgan fingerprint density at radius 2 is 1.70 bits per heavy atom. The number of hydrogen-bond donors (Lipinski definition) is 3. The van der Waals surface area contributed by atoms with Crippen LogP contribution in [0.25, 0.3) is 0 Å². The van der Waals surface area contributed by atoms with Gasteiger partial charge in [-0.3, -0.25) is 10.2 Å². The number of ether oxygens (including phenoxy) is 1. The Hall–Kier alpha value is -1.56. The first kappa shape index (κ1) is 13.4. The van der Waals surface area contributed by atoms with E-state index in [2.05, 4.69) is 45.1 Å². The van der Waals surface area contributed by atoms with E-state index in [-0.39, 0.29) is 6.29 Å². The molecule has 0 aliphatic carbocycles. The van der Waals surface area contributed by atoms with Crippen molar-refractivity contribution in [2.24, 2.45) is 0 Å². The topological polar surface area (TPSA) is 48.6 Å². The molecule has 0 spiro atoms. The van der Waals surface area contributed by atoms with Gasteiger partial charge in [0.1, 0.15) is 0 Å². The molecule has 0 saturated carbocycles. The van der Waals surface area contributed by atoms with Crippen LogP contribution in [-0.4, -0.2) is 37.5 Å². The molecule has 20 heavy (non-hydrogen) atoms. The van der Waals surface area contributed by atoms with Crippen LogP contribution in [0.2, 0.25) is 0 Å². The molecule has 108 valence electrons. The smallest absolute Gasteiger partial charge is 0.152 e. The monoisotopic (exact) mass is 274 g/mol. The molecule has 0 aromatic heterocycles. The predicted molar refractivity (Wildman–Crippen MR) is 78.6 cm³/mol. The van der Waals surface area contributed by atoms with Gasteiger partial charge in [0.15, 0.2) is 6.29 Å². The molecule has 2 heterocycles. The fraction of sp³-hybridized carbons (Fsp3) is 0.467. The van der Waals surface area contributed by atoms with Gasteiger partial charge in [-0.2, -0.15) is 0 Å². The summed E-state index contributed by atoms with van der Waals surface area (Å²) in [4.78, 5) is 2.44. The van der Waals surface area contributed by atoms with Crippen molar-refractivity contribution in [3.8, 4) is 0 Å². The molecule has 0 amide bonds. The first-order chi connectivity index (χ1) is 9.90. The minimum atomic E-state index is 0.142. The van der Waals surface area contributed by atoms with Crippen LogP contribution in [0.15, 0.2) is 36.7 Å². The summed E-state index contributed by atoms with van der Waals surface area (Å²) >= 11 is 0. The van der Waals surface area contributed by atoms with Gasteiger partial charge in [-0.25, -0.2) is 0 Å². The molecule has 2 aliphatic heterocycles. The summed E-state index contributed by atoms with van der Waals surface area (Å²) in [5.74, 6) is 0. The molecule has 1 fully saturated rings. The van der Waals surface area contributed by atoms with Crippen LogP contribution < -0.4 is 16.0 Å². The molecule has 1 aromatic carbocycles. The van der Waals surface area contributed by atoms with Gasteiger partial charge in [0.2, 0.25) is 0 Å². The van der Waals surface area contributed by atoms with Crippen molar-refractivity contribution in [1.29, 1.82) is 0 Å². The van der Waals surface area contributed by atoms with E-state index in [1.54, 1.807) is 0 Å². The summed E-state index contributed by atoms with van der Waals surface area (Å²) in [6.45, 7) is 5.66. The summed E-state index contributed by atoms with van der Waals surface area (Å²) in [6, 6.07) is 8.84. The minimum absolute atomic E-state index is 0.142. The lowest BCUT2D eigenvalue weighted by molar-refractivity contribution is 0.0342. The number of benzene rings is 1. The molecule has 1 aromatic rings. The zero-order chi connectivity index (χ0) is 13.6. The summed E-state index contributed by atoms with van der Waals surface area (Å²) < 4.78 is 5.37. The normalized spacial score (nSPS) is 19.8. The van der Waals surface area contributed by atoms with E-state index in [9.17, 15) is 0 Å². The Bertz CT molecular complexity index is 432. The Morgan fingerprint density at radius 3 is 2.40 bits per heavy atom. The largest absolute Gasteiger partial charge is 0.379 e. The lowest BCUT2D eigenvalue weighted by Crippen LogP contribution is -2.44. The van der Waals surface area contributed by atoms with Crippen LogP contribution in [0.5, 0.6) is 0 Å². The number of hydrogen-bond acceptors (Lipinski definition) is 5. The first-order valence-corrected chi connectivity index (χ1v) is 7.18. The first-order valence-electron chi connectivity index (χ1n) is 7.18. The third kappa shape index (κ3) is 3.72. The summed E-state index contributed by atoms with van der Waals surface area (Å²) in [6.07, 6.45) is 3.95. The molecule has 3 rings (SSSR count). The highest BCUT2D eigenvalue weighted by atomic mass is 16.5. The minimum Gasteiger partial charge on any atom is -0.379 e. The third-order valence-electron chi connectivity index (χ3n) is 3.65. The number of nitrogens with one attached hydrogen (secondary N) is 3. The van der Waals surface area contributed by atoms with Crippen LogP contribution in [-0.2, 0) is 17.8 Å². The number of morpholine rings is 1. The van der Waals surface area contributed by atoms with Crippen molar-refractivity contribution >= 4 is 0 Å². The highest BCUT2D eigenvalue weighted by Gasteiger charge is 2.10. The van der Waals surface area contributed by atoms with Gasteiger partial charge in [0, 0.05) is 38.6 Å². The Labute approximate surface area is 120 Å². The van der Waals surface area contributed by atoms with Crippen LogP contribution >= 0.6 is 0 Å². The highest BCUT2D eigenvalue weighted by Crippen LogP contribution is 2.09. The quantitative estimate of drug-likeness (QED) is 0.732. The Morgan fingerprint density at radius 1 is 1.05 bits per heavy atom. The van der Waals surface area contributed by atoms with Crippen molar-refractivity contribution in [2.45, 2.75) is 19.4 Å². The molecule has 0 unspecified atom stereocenters. The molecule has 5 nitrogen and oxygen atoms in total. The summed E-state index contributed by atoms with van der Waals surface area (Å²) in [5.41, 5.74) is 2.67. The second-order valence-electron chi connectivity index (χ2n) is 5.19. The molecular weight excluding hydrogens is 252 g/mol. The van der Waals surface area contributed by atoms with Crippen molar-refractivity contribution in [2.75, 3.05) is 26.3 Å². The van der Waals surface area contributed by atoms with Gasteiger partial charge in [-0.05, 0) is 11.1 Å². The average Bonchev–Trinajstić information content (AvgIpc) is 3.01.